The fraction of sp³-hybridized carbons (Fsp3) is 0.632. The average Bonchev–Trinajstić information content (AvgIpc) is 2.46. The van der Waals surface area contributed by atoms with Crippen LogP contribution in [0.5, 0.6) is 0 Å². The number of likely N-dealkylation sites (N-methyl/N-ethyl adjacent to an activating group) is 1. The second kappa shape index (κ2) is 13.1. The molecule has 0 bridgehead atoms. The smallest absolute Gasteiger partial charge is 0.307 e. The highest BCUT2D eigenvalue weighted by molar-refractivity contribution is 5.71. The fourth-order valence-corrected chi connectivity index (χ4v) is 2.28. The van der Waals surface area contributed by atoms with Crippen molar-refractivity contribution in [2.45, 2.75) is 51.0 Å². The first-order valence-electron chi connectivity index (χ1n) is 8.81. The predicted molar refractivity (Wildman–Crippen MR) is 96.0 cm³/mol. The zero-order chi connectivity index (χ0) is 20.0. The summed E-state index contributed by atoms with van der Waals surface area (Å²) in [4.78, 5) is 32.9. The van der Waals surface area contributed by atoms with Gasteiger partial charge in [-0.25, -0.2) is 0 Å². The van der Waals surface area contributed by atoms with Crippen molar-refractivity contribution < 1.29 is 33.8 Å². The summed E-state index contributed by atoms with van der Waals surface area (Å²) in [5.74, 6) is -2.48. The van der Waals surface area contributed by atoms with Gasteiger partial charge in [0.2, 0.25) is 0 Å². The standard InChI is InChI=1S/C19H31NO6/c1-20(2,3)15-16(14-18(23)24)26-19(25)13-11-9-7-5-4-6-8-10-12-17(21)22/h7-10,16H,4-6,11-15H2,1-3H3,(H-,21,22,23,24)/b9-7+,10-8+. The Labute approximate surface area is 155 Å². The number of esters is 1. The highest BCUT2D eigenvalue weighted by Gasteiger charge is 2.22. The molecule has 1 unspecified atom stereocenters. The monoisotopic (exact) mass is 369 g/mol. The van der Waals surface area contributed by atoms with Gasteiger partial charge in [-0.2, -0.15) is 0 Å². The van der Waals surface area contributed by atoms with Crippen LogP contribution in [0.2, 0.25) is 0 Å². The average molecular weight is 369 g/mol. The number of allylic oxidation sites excluding steroid dienone is 3. The summed E-state index contributed by atoms with van der Waals surface area (Å²) in [5.41, 5.74) is 0. The second-order valence-corrected chi connectivity index (χ2v) is 7.17. The van der Waals surface area contributed by atoms with Crippen LogP contribution in [0, 0.1) is 0 Å². The molecule has 148 valence electrons. The van der Waals surface area contributed by atoms with Gasteiger partial charge in [0.25, 0.3) is 0 Å². The summed E-state index contributed by atoms with van der Waals surface area (Å²) in [6.45, 7) is 0.408. The molecule has 0 saturated carbocycles. The molecule has 0 spiro atoms. The van der Waals surface area contributed by atoms with Crippen LogP contribution in [-0.4, -0.2) is 61.3 Å². The van der Waals surface area contributed by atoms with E-state index in [9.17, 15) is 19.5 Å². The van der Waals surface area contributed by atoms with E-state index in [4.69, 9.17) is 9.84 Å². The number of quaternary nitrogens is 1. The Balaban J connectivity index is 3.99. The lowest BCUT2D eigenvalue weighted by atomic mass is 10.2. The lowest BCUT2D eigenvalue weighted by molar-refractivity contribution is -0.873. The van der Waals surface area contributed by atoms with Gasteiger partial charge in [-0.05, 0) is 25.7 Å². The second-order valence-electron chi connectivity index (χ2n) is 7.17. The van der Waals surface area contributed by atoms with Crippen molar-refractivity contribution in [1.29, 1.82) is 0 Å². The molecular weight excluding hydrogens is 338 g/mol. The topological polar surface area (TPSA) is 104 Å². The van der Waals surface area contributed by atoms with E-state index in [1.807, 2.05) is 39.4 Å². The van der Waals surface area contributed by atoms with Crippen molar-refractivity contribution in [2.75, 3.05) is 27.7 Å². The molecular formula is C19H31NO6. The minimum absolute atomic E-state index is 0.0466. The van der Waals surface area contributed by atoms with Crippen molar-refractivity contribution >= 4 is 17.9 Å². The molecule has 0 aromatic carbocycles. The van der Waals surface area contributed by atoms with E-state index in [1.165, 1.54) is 0 Å². The molecule has 0 aromatic heterocycles. The molecule has 0 aromatic rings. The van der Waals surface area contributed by atoms with E-state index in [1.54, 1.807) is 6.08 Å². The van der Waals surface area contributed by atoms with E-state index in [0.717, 1.165) is 19.3 Å². The van der Waals surface area contributed by atoms with Gasteiger partial charge in [-0.15, -0.1) is 0 Å². The maximum absolute atomic E-state index is 11.8. The van der Waals surface area contributed by atoms with E-state index < -0.39 is 24.0 Å². The van der Waals surface area contributed by atoms with Gasteiger partial charge < -0.3 is 24.2 Å². The van der Waals surface area contributed by atoms with E-state index in [2.05, 4.69) is 0 Å². The molecule has 0 rings (SSSR count). The number of nitrogens with zero attached hydrogens (tertiary/aromatic N) is 1. The Hall–Kier alpha value is -2.15. The van der Waals surface area contributed by atoms with Crippen LogP contribution in [0.15, 0.2) is 24.3 Å². The van der Waals surface area contributed by atoms with Crippen LogP contribution < -0.4 is 5.11 Å². The number of carbonyl (C=O) groups excluding carboxylic acids is 2. The van der Waals surface area contributed by atoms with Crippen molar-refractivity contribution in [3.63, 3.8) is 0 Å². The molecule has 0 heterocycles. The lowest BCUT2D eigenvalue weighted by Gasteiger charge is -2.29. The maximum atomic E-state index is 11.8. The Morgan fingerprint density at radius 3 is 2.15 bits per heavy atom. The van der Waals surface area contributed by atoms with E-state index in [0.29, 0.717) is 17.4 Å². The van der Waals surface area contributed by atoms with Gasteiger partial charge in [0, 0.05) is 18.8 Å². The molecule has 26 heavy (non-hydrogen) atoms. The number of rotatable bonds is 14. The number of hydrogen-bond acceptors (Lipinski definition) is 5. The fourth-order valence-electron chi connectivity index (χ4n) is 2.28. The van der Waals surface area contributed by atoms with Gasteiger partial charge in [0.1, 0.15) is 6.54 Å². The van der Waals surface area contributed by atoms with E-state index in [-0.39, 0.29) is 19.3 Å². The van der Waals surface area contributed by atoms with Crippen LogP contribution in [0.1, 0.15) is 44.9 Å². The first kappa shape index (κ1) is 23.9. The Morgan fingerprint density at radius 1 is 1.04 bits per heavy atom. The van der Waals surface area contributed by atoms with Gasteiger partial charge in [0.15, 0.2) is 6.10 Å². The van der Waals surface area contributed by atoms with Crippen molar-refractivity contribution in [1.82, 2.24) is 0 Å². The first-order valence-corrected chi connectivity index (χ1v) is 8.81. The van der Waals surface area contributed by atoms with Crippen molar-refractivity contribution in [2.24, 2.45) is 0 Å². The molecule has 0 aliphatic rings. The first-order chi connectivity index (χ1) is 12.1. The molecule has 0 saturated heterocycles. The molecule has 0 fully saturated rings. The van der Waals surface area contributed by atoms with Crippen LogP contribution in [0.25, 0.3) is 0 Å². The molecule has 1 atom stereocenters. The minimum atomic E-state index is -1.23. The van der Waals surface area contributed by atoms with Gasteiger partial charge in [0.05, 0.1) is 27.6 Å². The lowest BCUT2D eigenvalue weighted by Crippen LogP contribution is -2.45. The summed E-state index contributed by atoms with van der Waals surface area (Å²) >= 11 is 0. The molecule has 0 aliphatic carbocycles. The van der Waals surface area contributed by atoms with Crippen LogP contribution in [0.3, 0.4) is 0 Å². The zero-order valence-corrected chi connectivity index (χ0v) is 16.0. The highest BCUT2D eigenvalue weighted by atomic mass is 16.5. The molecule has 0 radical (unpaired) electrons. The summed E-state index contributed by atoms with van der Waals surface area (Å²) < 4.78 is 5.75. The quantitative estimate of drug-likeness (QED) is 0.214. The third-order valence-electron chi connectivity index (χ3n) is 3.33. The SMILES string of the molecule is C[N+](C)(C)CC(CC(=O)[O-])OC(=O)CC/C=C/CCC/C=C/CC(=O)O. The third kappa shape index (κ3) is 16.7. The largest absolute Gasteiger partial charge is 0.550 e. The zero-order valence-electron chi connectivity index (χ0n) is 16.0. The molecule has 1 N–H and O–H groups in total. The minimum Gasteiger partial charge on any atom is -0.550 e. The molecule has 0 aliphatic heterocycles. The van der Waals surface area contributed by atoms with Gasteiger partial charge in [-0.3, -0.25) is 9.59 Å². The summed E-state index contributed by atoms with van der Waals surface area (Å²) in [6.07, 6.45) is 9.74. The van der Waals surface area contributed by atoms with E-state index >= 15 is 0 Å². The van der Waals surface area contributed by atoms with Gasteiger partial charge in [-0.1, -0.05) is 24.3 Å². The predicted octanol–water partition coefficient (Wildman–Crippen LogP) is 1.28. The number of ether oxygens (including phenoxy) is 1. The number of carbonyl (C=O) groups is 3. The highest BCUT2D eigenvalue weighted by Crippen LogP contribution is 2.07. The Kier molecular flexibility index (Phi) is 12.0. The maximum Gasteiger partial charge on any atom is 0.307 e. The summed E-state index contributed by atoms with van der Waals surface area (Å²) in [5, 5.41) is 19.3. The number of carboxylic acids is 2. The summed E-state index contributed by atoms with van der Waals surface area (Å²) in [6, 6.07) is 0. The molecule has 7 nitrogen and oxygen atoms in total. The number of carboxylic acid groups (broad SMARTS) is 2. The third-order valence-corrected chi connectivity index (χ3v) is 3.33. The molecule has 7 heteroatoms. The molecule has 0 amide bonds. The normalized spacial score (nSPS) is 13.2. The van der Waals surface area contributed by atoms with Crippen LogP contribution >= 0.6 is 0 Å². The Morgan fingerprint density at radius 2 is 1.62 bits per heavy atom. The van der Waals surface area contributed by atoms with Crippen LogP contribution in [-0.2, 0) is 19.1 Å². The van der Waals surface area contributed by atoms with Crippen molar-refractivity contribution in [3.8, 4) is 0 Å². The number of aliphatic carboxylic acids is 2. The number of unbranched alkanes of at least 4 members (excludes halogenated alkanes) is 2. The van der Waals surface area contributed by atoms with Crippen LogP contribution in [0.4, 0.5) is 0 Å². The van der Waals surface area contributed by atoms with Crippen molar-refractivity contribution in [3.05, 3.63) is 24.3 Å². The summed E-state index contributed by atoms with van der Waals surface area (Å²) in [7, 11) is 5.70. The van der Waals surface area contributed by atoms with Gasteiger partial charge >= 0.3 is 11.9 Å². The number of hydrogen-bond donors (Lipinski definition) is 1. The Bertz CT molecular complexity index is 505.